The minimum absolute atomic E-state index is 0.0484. The van der Waals surface area contributed by atoms with Gasteiger partial charge in [-0.25, -0.2) is 4.98 Å². The van der Waals surface area contributed by atoms with Crippen LogP contribution in [0.15, 0.2) is 60.7 Å². The Labute approximate surface area is 184 Å². The molecule has 0 atom stereocenters. The van der Waals surface area contributed by atoms with Crippen LogP contribution in [0, 0.1) is 0 Å². The van der Waals surface area contributed by atoms with Crippen molar-refractivity contribution in [2.24, 2.45) is 0 Å². The molecule has 5 nitrogen and oxygen atoms in total. The number of aromatic nitrogens is 1. The average Bonchev–Trinajstić information content (AvgIpc) is 3.26. The molecule has 1 amide bonds. The molecule has 0 saturated carbocycles. The summed E-state index contributed by atoms with van der Waals surface area (Å²) < 4.78 is 6.98. The summed E-state index contributed by atoms with van der Waals surface area (Å²) in [7, 11) is 0. The van der Waals surface area contributed by atoms with Crippen LogP contribution in [-0.2, 0) is 4.79 Å². The van der Waals surface area contributed by atoms with E-state index in [0.29, 0.717) is 30.3 Å². The van der Waals surface area contributed by atoms with Crippen LogP contribution in [0.25, 0.3) is 21.0 Å². The fourth-order valence-corrected chi connectivity index (χ4v) is 5.33. The van der Waals surface area contributed by atoms with Crippen molar-refractivity contribution >= 4 is 44.5 Å². The summed E-state index contributed by atoms with van der Waals surface area (Å²) in [5, 5.41) is 2.97. The zero-order chi connectivity index (χ0) is 21.2. The van der Waals surface area contributed by atoms with Gasteiger partial charge in [-0.2, -0.15) is 0 Å². The predicted molar refractivity (Wildman–Crippen MR) is 123 cm³/mol. The number of benzene rings is 3. The number of hydrogen-bond donors (Lipinski definition) is 0. The van der Waals surface area contributed by atoms with Crippen LogP contribution in [0.5, 0.6) is 5.75 Å². The number of fused-ring (bicyclic) bond motifs is 2. The number of carbonyl (C=O) groups is 2. The highest BCUT2D eigenvalue weighted by atomic mass is 32.1. The molecule has 1 aromatic heterocycles. The van der Waals surface area contributed by atoms with E-state index in [9.17, 15) is 9.59 Å². The molecule has 0 unspecified atom stereocenters. The number of thiazole rings is 1. The first-order valence-electron chi connectivity index (χ1n) is 10.5. The summed E-state index contributed by atoms with van der Waals surface area (Å²) in [5.74, 6) is 0.795. The quantitative estimate of drug-likeness (QED) is 0.416. The smallest absolute Gasteiger partial charge is 0.260 e. The maximum atomic E-state index is 12.7. The van der Waals surface area contributed by atoms with Gasteiger partial charge in [0.2, 0.25) is 0 Å². The summed E-state index contributed by atoms with van der Waals surface area (Å²) in [4.78, 5) is 31.0. The van der Waals surface area contributed by atoms with E-state index < -0.39 is 0 Å². The van der Waals surface area contributed by atoms with Gasteiger partial charge in [-0.1, -0.05) is 42.5 Å². The molecule has 1 fully saturated rings. The Morgan fingerprint density at radius 1 is 1.06 bits per heavy atom. The van der Waals surface area contributed by atoms with E-state index in [1.165, 1.54) is 4.70 Å². The van der Waals surface area contributed by atoms with Gasteiger partial charge >= 0.3 is 0 Å². The number of likely N-dealkylation sites (tertiary alicyclic amines) is 1. The number of amides is 1. The predicted octanol–water partition coefficient (Wildman–Crippen LogP) is 5.05. The lowest BCUT2D eigenvalue weighted by molar-refractivity contribution is -0.134. The Bertz CT molecular complexity index is 1230. The van der Waals surface area contributed by atoms with E-state index in [0.717, 1.165) is 40.4 Å². The summed E-state index contributed by atoms with van der Waals surface area (Å²) in [5.41, 5.74) is 1.54. The van der Waals surface area contributed by atoms with Gasteiger partial charge in [0.25, 0.3) is 5.91 Å². The second kappa shape index (κ2) is 8.47. The molecule has 1 aliphatic heterocycles. The molecule has 5 rings (SSSR count). The van der Waals surface area contributed by atoms with Crippen LogP contribution in [-0.4, -0.2) is 41.8 Å². The molecular formula is C25H22N2O3S. The first kappa shape index (κ1) is 19.7. The van der Waals surface area contributed by atoms with E-state index in [1.807, 2.05) is 53.4 Å². The average molecular weight is 431 g/mol. The molecule has 0 bridgehead atoms. The van der Waals surface area contributed by atoms with Gasteiger partial charge in [0.15, 0.2) is 12.9 Å². The fourth-order valence-electron chi connectivity index (χ4n) is 4.19. The topological polar surface area (TPSA) is 59.5 Å². The van der Waals surface area contributed by atoms with E-state index in [1.54, 1.807) is 17.4 Å². The van der Waals surface area contributed by atoms with Gasteiger partial charge in [0.1, 0.15) is 5.75 Å². The van der Waals surface area contributed by atoms with Gasteiger partial charge in [-0.3, -0.25) is 9.59 Å². The Morgan fingerprint density at radius 2 is 1.84 bits per heavy atom. The monoisotopic (exact) mass is 430 g/mol. The van der Waals surface area contributed by atoms with Crippen molar-refractivity contribution in [3.63, 3.8) is 0 Å². The molecule has 0 radical (unpaired) electrons. The number of para-hydroxylation sites is 1. The molecule has 3 aromatic carbocycles. The molecular weight excluding hydrogens is 408 g/mol. The third-order valence-corrected chi connectivity index (χ3v) is 7.11. The number of piperidine rings is 1. The molecule has 4 aromatic rings. The standard InChI is InChI=1S/C25H22N2O3S/c28-15-20-19-6-2-1-5-17(19)9-10-22(20)30-16-24(29)27-13-11-18(12-14-27)25-26-21-7-3-4-8-23(21)31-25/h1-10,15,18H,11-14,16H2. The minimum Gasteiger partial charge on any atom is -0.483 e. The van der Waals surface area contributed by atoms with Crippen LogP contribution < -0.4 is 4.74 Å². The molecule has 1 aliphatic rings. The van der Waals surface area contributed by atoms with E-state index in [-0.39, 0.29) is 12.5 Å². The Hall–Kier alpha value is -3.25. The largest absolute Gasteiger partial charge is 0.483 e. The maximum absolute atomic E-state index is 12.7. The lowest BCUT2D eigenvalue weighted by Gasteiger charge is -2.31. The van der Waals surface area contributed by atoms with Crippen LogP contribution in [0.1, 0.15) is 34.1 Å². The zero-order valence-electron chi connectivity index (χ0n) is 17.0. The Kier molecular flexibility index (Phi) is 5.38. The Balaban J connectivity index is 1.21. The van der Waals surface area contributed by atoms with Crippen LogP contribution in [0.4, 0.5) is 0 Å². The molecule has 156 valence electrons. The van der Waals surface area contributed by atoms with Crippen molar-refractivity contribution in [3.8, 4) is 5.75 Å². The lowest BCUT2D eigenvalue weighted by Crippen LogP contribution is -2.40. The van der Waals surface area contributed by atoms with Crippen molar-refractivity contribution in [2.75, 3.05) is 19.7 Å². The normalized spacial score (nSPS) is 14.8. The maximum Gasteiger partial charge on any atom is 0.260 e. The minimum atomic E-state index is -0.0645. The first-order chi connectivity index (χ1) is 15.2. The first-order valence-corrected chi connectivity index (χ1v) is 11.3. The van der Waals surface area contributed by atoms with E-state index in [4.69, 9.17) is 9.72 Å². The van der Waals surface area contributed by atoms with Crippen molar-refractivity contribution in [1.82, 2.24) is 9.88 Å². The second-order valence-corrected chi connectivity index (χ2v) is 8.84. The molecule has 0 aliphatic carbocycles. The van der Waals surface area contributed by atoms with Crippen molar-refractivity contribution < 1.29 is 14.3 Å². The van der Waals surface area contributed by atoms with Gasteiger partial charge < -0.3 is 9.64 Å². The number of ether oxygens (including phenoxy) is 1. The summed E-state index contributed by atoms with van der Waals surface area (Å²) in [6.07, 6.45) is 2.61. The molecule has 2 heterocycles. The highest BCUT2D eigenvalue weighted by Crippen LogP contribution is 2.34. The SMILES string of the molecule is O=Cc1c(OCC(=O)N2CCC(c3nc4ccccc4s3)CC2)ccc2ccccc12. The Morgan fingerprint density at radius 3 is 2.65 bits per heavy atom. The highest BCUT2D eigenvalue weighted by molar-refractivity contribution is 7.18. The number of rotatable bonds is 5. The zero-order valence-corrected chi connectivity index (χ0v) is 17.8. The van der Waals surface area contributed by atoms with Crippen molar-refractivity contribution in [2.45, 2.75) is 18.8 Å². The van der Waals surface area contributed by atoms with E-state index >= 15 is 0 Å². The number of aldehydes is 1. The van der Waals surface area contributed by atoms with Gasteiger partial charge in [0.05, 0.1) is 20.8 Å². The number of hydrogen-bond acceptors (Lipinski definition) is 5. The summed E-state index contributed by atoms with van der Waals surface area (Å²) in [6, 6.07) is 19.5. The summed E-state index contributed by atoms with van der Waals surface area (Å²) in [6.45, 7) is 1.33. The van der Waals surface area contributed by atoms with E-state index in [2.05, 4.69) is 6.07 Å². The molecule has 31 heavy (non-hydrogen) atoms. The third kappa shape index (κ3) is 3.91. The molecule has 1 saturated heterocycles. The summed E-state index contributed by atoms with van der Waals surface area (Å²) >= 11 is 1.75. The molecule has 0 N–H and O–H groups in total. The van der Waals surface area contributed by atoms with Crippen molar-refractivity contribution in [3.05, 3.63) is 71.2 Å². The second-order valence-electron chi connectivity index (χ2n) is 7.78. The number of carbonyl (C=O) groups excluding carboxylic acids is 2. The third-order valence-electron chi connectivity index (χ3n) is 5.91. The molecule has 6 heteroatoms. The van der Waals surface area contributed by atoms with Crippen molar-refractivity contribution in [1.29, 1.82) is 0 Å². The van der Waals surface area contributed by atoms with Crippen LogP contribution in [0.3, 0.4) is 0 Å². The molecule has 0 spiro atoms. The van der Waals surface area contributed by atoms with Gasteiger partial charge in [-0.05, 0) is 41.8 Å². The van der Waals surface area contributed by atoms with Gasteiger partial charge in [-0.15, -0.1) is 11.3 Å². The number of nitrogens with zero attached hydrogens (tertiary/aromatic N) is 2. The van der Waals surface area contributed by atoms with Crippen LogP contribution >= 0.6 is 11.3 Å². The van der Waals surface area contributed by atoms with Crippen LogP contribution in [0.2, 0.25) is 0 Å². The fraction of sp³-hybridized carbons (Fsp3) is 0.240. The van der Waals surface area contributed by atoms with Gasteiger partial charge in [0, 0.05) is 19.0 Å². The lowest BCUT2D eigenvalue weighted by atomic mass is 9.97. The highest BCUT2D eigenvalue weighted by Gasteiger charge is 2.26.